The number of nitriles is 1. The number of amides is 1. The first kappa shape index (κ1) is 12.7. The molecule has 0 radical (unpaired) electrons. The van der Waals surface area contributed by atoms with E-state index in [1.165, 1.54) is 0 Å². The van der Waals surface area contributed by atoms with Crippen LogP contribution in [0.4, 0.5) is 11.4 Å². The smallest absolute Gasteiger partial charge is 0.248 e. The van der Waals surface area contributed by atoms with Crippen LogP contribution in [-0.4, -0.2) is 5.91 Å². The fourth-order valence-corrected chi connectivity index (χ4v) is 1.75. The van der Waals surface area contributed by atoms with E-state index in [0.29, 0.717) is 11.1 Å². The summed E-state index contributed by atoms with van der Waals surface area (Å²) in [6, 6.07) is 14.6. The van der Waals surface area contributed by atoms with Crippen molar-refractivity contribution < 1.29 is 4.79 Å². The van der Waals surface area contributed by atoms with Gasteiger partial charge in [-0.2, -0.15) is 5.26 Å². The Labute approximate surface area is 111 Å². The summed E-state index contributed by atoms with van der Waals surface area (Å²) in [4.78, 5) is 11.0. The van der Waals surface area contributed by atoms with E-state index in [0.717, 1.165) is 16.9 Å². The summed E-state index contributed by atoms with van der Waals surface area (Å²) in [7, 11) is 0. The normalized spacial score (nSPS) is 9.68. The van der Waals surface area contributed by atoms with Gasteiger partial charge >= 0.3 is 0 Å². The molecule has 0 aliphatic heterocycles. The summed E-state index contributed by atoms with van der Waals surface area (Å²) < 4.78 is 0. The van der Waals surface area contributed by atoms with Crippen LogP contribution in [0.5, 0.6) is 0 Å². The van der Waals surface area contributed by atoms with E-state index < -0.39 is 5.91 Å². The molecule has 0 atom stereocenters. The van der Waals surface area contributed by atoms with E-state index in [1.54, 1.807) is 30.3 Å². The van der Waals surface area contributed by atoms with Crippen molar-refractivity contribution in [3.8, 4) is 6.07 Å². The van der Waals surface area contributed by atoms with Gasteiger partial charge in [-0.3, -0.25) is 4.79 Å². The highest BCUT2D eigenvalue weighted by Gasteiger charge is 2.02. The number of anilines is 2. The highest BCUT2D eigenvalue weighted by molar-refractivity contribution is 5.93. The SMILES string of the molecule is Cc1cc(Nc2ccc(C(N)=O)cc2)ccc1C#N. The summed E-state index contributed by atoms with van der Waals surface area (Å²) in [5, 5.41) is 12.1. The zero-order valence-electron chi connectivity index (χ0n) is 10.5. The molecule has 0 spiro atoms. The van der Waals surface area contributed by atoms with E-state index >= 15 is 0 Å². The second-order valence-electron chi connectivity index (χ2n) is 4.21. The van der Waals surface area contributed by atoms with Crippen molar-refractivity contribution in [2.45, 2.75) is 6.92 Å². The van der Waals surface area contributed by atoms with Crippen LogP contribution in [0.25, 0.3) is 0 Å². The van der Waals surface area contributed by atoms with Crippen molar-refractivity contribution in [2.75, 3.05) is 5.32 Å². The summed E-state index contributed by atoms with van der Waals surface area (Å²) in [6.07, 6.45) is 0. The minimum atomic E-state index is -0.444. The third-order valence-corrected chi connectivity index (χ3v) is 2.80. The molecule has 4 nitrogen and oxygen atoms in total. The Kier molecular flexibility index (Phi) is 3.48. The first-order valence-electron chi connectivity index (χ1n) is 5.78. The number of primary amides is 1. The van der Waals surface area contributed by atoms with Crippen LogP contribution in [0.1, 0.15) is 21.5 Å². The number of carbonyl (C=O) groups excluding carboxylic acids is 1. The molecule has 19 heavy (non-hydrogen) atoms. The topological polar surface area (TPSA) is 78.9 Å². The molecule has 0 fully saturated rings. The van der Waals surface area contributed by atoms with Gasteiger partial charge < -0.3 is 11.1 Å². The quantitative estimate of drug-likeness (QED) is 0.880. The number of hydrogen-bond acceptors (Lipinski definition) is 3. The lowest BCUT2D eigenvalue weighted by Crippen LogP contribution is -2.10. The van der Waals surface area contributed by atoms with Crippen molar-refractivity contribution in [2.24, 2.45) is 5.73 Å². The fourth-order valence-electron chi connectivity index (χ4n) is 1.75. The maximum Gasteiger partial charge on any atom is 0.248 e. The Bertz CT molecular complexity index is 654. The molecule has 1 amide bonds. The molecule has 3 N–H and O–H groups in total. The molecule has 0 aliphatic rings. The number of benzene rings is 2. The van der Waals surface area contributed by atoms with E-state index in [1.807, 2.05) is 19.1 Å². The fraction of sp³-hybridized carbons (Fsp3) is 0.0667. The summed E-state index contributed by atoms with van der Waals surface area (Å²) in [5.74, 6) is -0.444. The van der Waals surface area contributed by atoms with Crippen molar-refractivity contribution in [1.29, 1.82) is 5.26 Å². The van der Waals surface area contributed by atoms with Crippen molar-refractivity contribution in [1.82, 2.24) is 0 Å². The van der Waals surface area contributed by atoms with Crippen LogP contribution in [0.15, 0.2) is 42.5 Å². The highest BCUT2D eigenvalue weighted by Crippen LogP contribution is 2.20. The Morgan fingerprint density at radius 3 is 2.32 bits per heavy atom. The first-order chi connectivity index (χ1) is 9.10. The van der Waals surface area contributed by atoms with Gasteiger partial charge in [0.2, 0.25) is 5.91 Å². The van der Waals surface area contributed by atoms with Gasteiger partial charge in [0.05, 0.1) is 11.6 Å². The predicted molar refractivity (Wildman–Crippen MR) is 74.1 cm³/mol. The van der Waals surface area contributed by atoms with Gasteiger partial charge in [0.15, 0.2) is 0 Å². The maximum absolute atomic E-state index is 11.0. The van der Waals surface area contributed by atoms with Crippen LogP contribution in [-0.2, 0) is 0 Å². The van der Waals surface area contributed by atoms with E-state index in [-0.39, 0.29) is 0 Å². The number of nitrogens with one attached hydrogen (secondary N) is 1. The molecule has 94 valence electrons. The van der Waals surface area contributed by atoms with E-state index in [2.05, 4.69) is 11.4 Å². The Morgan fingerprint density at radius 2 is 1.79 bits per heavy atom. The van der Waals surface area contributed by atoms with Gasteiger partial charge in [0.1, 0.15) is 0 Å². The first-order valence-corrected chi connectivity index (χ1v) is 5.78. The van der Waals surface area contributed by atoms with Crippen molar-refractivity contribution in [3.63, 3.8) is 0 Å². The molecule has 0 saturated carbocycles. The van der Waals surface area contributed by atoms with Gasteiger partial charge in [-0.1, -0.05) is 0 Å². The Hall–Kier alpha value is -2.80. The van der Waals surface area contributed by atoms with Crippen molar-refractivity contribution in [3.05, 3.63) is 59.2 Å². The third-order valence-electron chi connectivity index (χ3n) is 2.80. The molecule has 2 rings (SSSR count). The van der Waals surface area contributed by atoms with Crippen LogP contribution in [0.2, 0.25) is 0 Å². The Morgan fingerprint density at radius 1 is 1.16 bits per heavy atom. The highest BCUT2D eigenvalue weighted by atomic mass is 16.1. The van der Waals surface area contributed by atoms with Crippen LogP contribution >= 0.6 is 0 Å². The summed E-state index contributed by atoms with van der Waals surface area (Å²) in [5.41, 5.74) is 8.98. The molecular weight excluding hydrogens is 238 g/mol. The number of hydrogen-bond donors (Lipinski definition) is 2. The average Bonchev–Trinajstić information content (AvgIpc) is 2.39. The lowest BCUT2D eigenvalue weighted by molar-refractivity contribution is 0.100. The van der Waals surface area contributed by atoms with Crippen molar-refractivity contribution >= 4 is 17.3 Å². The second-order valence-corrected chi connectivity index (χ2v) is 4.21. The minimum Gasteiger partial charge on any atom is -0.366 e. The maximum atomic E-state index is 11.0. The molecule has 0 unspecified atom stereocenters. The number of nitrogens with two attached hydrogens (primary N) is 1. The lowest BCUT2D eigenvalue weighted by atomic mass is 10.1. The number of carbonyl (C=O) groups is 1. The van der Waals surface area contributed by atoms with Crippen LogP contribution < -0.4 is 11.1 Å². The Balaban J connectivity index is 2.19. The molecule has 0 aromatic heterocycles. The largest absolute Gasteiger partial charge is 0.366 e. The second kappa shape index (κ2) is 5.23. The third kappa shape index (κ3) is 2.90. The zero-order chi connectivity index (χ0) is 13.8. The zero-order valence-corrected chi connectivity index (χ0v) is 10.5. The summed E-state index contributed by atoms with van der Waals surface area (Å²) >= 11 is 0. The average molecular weight is 251 g/mol. The molecule has 0 aliphatic carbocycles. The van der Waals surface area contributed by atoms with Crippen LogP contribution in [0, 0.1) is 18.3 Å². The van der Waals surface area contributed by atoms with Crippen LogP contribution in [0.3, 0.4) is 0 Å². The molecule has 2 aromatic carbocycles. The molecule has 0 bridgehead atoms. The monoisotopic (exact) mass is 251 g/mol. The predicted octanol–water partition coefficient (Wildman–Crippen LogP) is 2.71. The number of rotatable bonds is 3. The minimum absolute atomic E-state index is 0.444. The molecule has 4 heteroatoms. The van der Waals surface area contributed by atoms with E-state index in [9.17, 15) is 4.79 Å². The standard InChI is InChI=1S/C15H13N3O/c1-10-8-14(7-4-12(10)9-16)18-13-5-2-11(3-6-13)15(17)19/h2-8,18H,1H3,(H2,17,19). The van der Waals surface area contributed by atoms with Gasteiger partial charge in [-0.15, -0.1) is 0 Å². The molecule has 0 heterocycles. The van der Waals surface area contributed by atoms with Gasteiger partial charge in [-0.25, -0.2) is 0 Å². The molecular formula is C15H13N3O. The van der Waals surface area contributed by atoms with Gasteiger partial charge in [0, 0.05) is 16.9 Å². The number of aryl methyl sites for hydroxylation is 1. The van der Waals surface area contributed by atoms with Gasteiger partial charge in [0.25, 0.3) is 0 Å². The molecule has 2 aromatic rings. The van der Waals surface area contributed by atoms with Gasteiger partial charge in [-0.05, 0) is 55.0 Å². The summed E-state index contributed by atoms with van der Waals surface area (Å²) in [6.45, 7) is 1.89. The lowest BCUT2D eigenvalue weighted by Gasteiger charge is -2.08. The number of nitrogens with zero attached hydrogens (tertiary/aromatic N) is 1. The molecule has 0 saturated heterocycles. The van der Waals surface area contributed by atoms with E-state index in [4.69, 9.17) is 11.0 Å².